The van der Waals surface area contributed by atoms with Gasteiger partial charge in [0.2, 0.25) is 5.91 Å². The van der Waals surface area contributed by atoms with E-state index in [1.807, 2.05) is 0 Å². The second kappa shape index (κ2) is 7.16. The summed E-state index contributed by atoms with van der Waals surface area (Å²) in [6.07, 6.45) is 8.62. The van der Waals surface area contributed by atoms with Crippen molar-refractivity contribution in [2.24, 2.45) is 5.92 Å². The lowest BCUT2D eigenvalue weighted by molar-refractivity contribution is -0.120. The Bertz CT molecular complexity index is 167. The van der Waals surface area contributed by atoms with Gasteiger partial charge >= 0.3 is 0 Å². The molecule has 1 rings (SSSR count). The molecule has 2 nitrogen and oxygen atoms in total. The van der Waals surface area contributed by atoms with Crippen molar-refractivity contribution in [3.63, 3.8) is 0 Å². The Labute approximate surface area is 92.2 Å². The second-order valence-electron chi connectivity index (χ2n) is 4.12. The van der Waals surface area contributed by atoms with Crippen LogP contribution in [0.15, 0.2) is 0 Å². The maximum absolute atomic E-state index is 11.1. The maximum Gasteiger partial charge on any atom is 0.220 e. The zero-order valence-corrected chi connectivity index (χ0v) is 9.69. The molecular formula is C11H21NOS. The first-order chi connectivity index (χ1) is 6.83. The first kappa shape index (κ1) is 11.9. The minimum Gasteiger partial charge on any atom is -0.356 e. The third-order valence-corrected chi connectivity index (χ3v) is 3.15. The van der Waals surface area contributed by atoms with Crippen molar-refractivity contribution in [1.29, 1.82) is 0 Å². The third-order valence-electron chi connectivity index (χ3n) is 2.92. The average Bonchev–Trinajstić information content (AvgIpc) is 2.65. The zero-order valence-electron chi connectivity index (χ0n) is 8.80. The Balaban J connectivity index is 1.90. The van der Waals surface area contributed by atoms with Crippen LogP contribution in [0.5, 0.6) is 0 Å². The van der Waals surface area contributed by atoms with E-state index < -0.39 is 0 Å². The number of amides is 1. The van der Waals surface area contributed by atoms with Crippen LogP contribution in [0.4, 0.5) is 0 Å². The molecule has 1 amide bonds. The molecule has 0 saturated heterocycles. The normalized spacial score (nSPS) is 17.2. The summed E-state index contributed by atoms with van der Waals surface area (Å²) in [6, 6.07) is 0. The van der Waals surface area contributed by atoms with Crippen molar-refractivity contribution in [2.45, 2.75) is 44.9 Å². The summed E-state index contributed by atoms with van der Waals surface area (Å²) < 4.78 is 0. The van der Waals surface area contributed by atoms with Gasteiger partial charge in [-0.25, -0.2) is 0 Å². The molecule has 0 bridgehead atoms. The molecule has 1 saturated carbocycles. The first-order valence-electron chi connectivity index (χ1n) is 5.70. The average molecular weight is 215 g/mol. The van der Waals surface area contributed by atoms with Gasteiger partial charge in [-0.2, -0.15) is 12.6 Å². The van der Waals surface area contributed by atoms with E-state index in [9.17, 15) is 4.79 Å². The standard InChI is InChI=1S/C11H21NOS/c13-11(7-9-14)12-8-3-6-10-4-1-2-5-10/h10,14H,1-9H2,(H,12,13). The predicted octanol–water partition coefficient (Wildman–Crippen LogP) is 2.39. The molecule has 0 aromatic heterocycles. The monoisotopic (exact) mass is 215 g/mol. The van der Waals surface area contributed by atoms with Gasteiger partial charge in [-0.15, -0.1) is 0 Å². The van der Waals surface area contributed by atoms with Crippen molar-refractivity contribution in [1.82, 2.24) is 5.32 Å². The number of hydrogen-bond donors (Lipinski definition) is 2. The number of carbonyl (C=O) groups is 1. The van der Waals surface area contributed by atoms with Gasteiger partial charge in [0.15, 0.2) is 0 Å². The molecule has 0 aliphatic heterocycles. The van der Waals surface area contributed by atoms with Gasteiger partial charge in [0.1, 0.15) is 0 Å². The summed E-state index contributed by atoms with van der Waals surface area (Å²) in [5.41, 5.74) is 0. The topological polar surface area (TPSA) is 29.1 Å². The molecule has 0 heterocycles. The Morgan fingerprint density at radius 3 is 2.71 bits per heavy atom. The summed E-state index contributed by atoms with van der Waals surface area (Å²) in [7, 11) is 0. The van der Waals surface area contributed by atoms with E-state index in [0.717, 1.165) is 18.9 Å². The van der Waals surface area contributed by atoms with Crippen LogP contribution >= 0.6 is 12.6 Å². The molecule has 0 aromatic rings. The zero-order chi connectivity index (χ0) is 10.2. The lowest BCUT2D eigenvalue weighted by atomic mass is 10.0. The molecule has 1 aliphatic rings. The van der Waals surface area contributed by atoms with Crippen LogP contribution in [-0.2, 0) is 4.79 Å². The van der Waals surface area contributed by atoms with E-state index in [4.69, 9.17) is 0 Å². The van der Waals surface area contributed by atoms with Crippen LogP contribution < -0.4 is 5.32 Å². The molecule has 1 N–H and O–H groups in total. The molecule has 0 aromatic carbocycles. The van der Waals surface area contributed by atoms with E-state index in [1.54, 1.807) is 0 Å². The van der Waals surface area contributed by atoms with Crippen LogP contribution in [0.3, 0.4) is 0 Å². The SMILES string of the molecule is O=C(CCS)NCCCC1CCCC1. The fourth-order valence-corrected chi connectivity index (χ4v) is 2.31. The van der Waals surface area contributed by atoms with Crippen LogP contribution in [0, 0.1) is 5.92 Å². The van der Waals surface area contributed by atoms with Crippen molar-refractivity contribution in [3.8, 4) is 0 Å². The summed E-state index contributed by atoms with van der Waals surface area (Å²) in [5.74, 6) is 1.73. The summed E-state index contributed by atoms with van der Waals surface area (Å²) in [5, 5.41) is 2.92. The lowest BCUT2D eigenvalue weighted by Gasteiger charge is -2.08. The first-order valence-corrected chi connectivity index (χ1v) is 6.33. The van der Waals surface area contributed by atoms with Crippen LogP contribution in [0.25, 0.3) is 0 Å². The molecule has 0 atom stereocenters. The van der Waals surface area contributed by atoms with Crippen molar-refractivity contribution in [3.05, 3.63) is 0 Å². The number of carbonyl (C=O) groups excluding carboxylic acids is 1. The van der Waals surface area contributed by atoms with Gasteiger partial charge in [-0.3, -0.25) is 4.79 Å². The number of nitrogens with one attached hydrogen (secondary N) is 1. The van der Waals surface area contributed by atoms with Crippen LogP contribution in [0.2, 0.25) is 0 Å². The minimum absolute atomic E-state index is 0.145. The Morgan fingerprint density at radius 2 is 2.07 bits per heavy atom. The highest BCUT2D eigenvalue weighted by molar-refractivity contribution is 7.80. The van der Waals surface area contributed by atoms with E-state index in [1.165, 1.54) is 32.1 Å². The Kier molecular flexibility index (Phi) is 6.08. The lowest BCUT2D eigenvalue weighted by Crippen LogP contribution is -2.24. The van der Waals surface area contributed by atoms with Crippen molar-refractivity contribution in [2.75, 3.05) is 12.3 Å². The molecule has 1 fully saturated rings. The molecular weight excluding hydrogens is 194 g/mol. The fourth-order valence-electron chi connectivity index (χ4n) is 2.11. The smallest absolute Gasteiger partial charge is 0.220 e. The van der Waals surface area contributed by atoms with Crippen LogP contribution in [-0.4, -0.2) is 18.2 Å². The molecule has 0 radical (unpaired) electrons. The largest absolute Gasteiger partial charge is 0.356 e. The summed E-state index contributed by atoms with van der Waals surface area (Å²) in [4.78, 5) is 11.1. The van der Waals surface area contributed by atoms with Crippen LogP contribution in [0.1, 0.15) is 44.9 Å². The number of thiol groups is 1. The quantitative estimate of drug-likeness (QED) is 0.517. The molecule has 0 spiro atoms. The molecule has 0 unspecified atom stereocenters. The van der Waals surface area contributed by atoms with E-state index in [2.05, 4.69) is 17.9 Å². The van der Waals surface area contributed by atoms with E-state index >= 15 is 0 Å². The maximum atomic E-state index is 11.1. The van der Waals surface area contributed by atoms with Gasteiger partial charge in [0.25, 0.3) is 0 Å². The molecule has 3 heteroatoms. The summed E-state index contributed by atoms with van der Waals surface area (Å²) in [6.45, 7) is 0.850. The Morgan fingerprint density at radius 1 is 1.36 bits per heavy atom. The minimum atomic E-state index is 0.145. The van der Waals surface area contributed by atoms with E-state index in [-0.39, 0.29) is 5.91 Å². The second-order valence-corrected chi connectivity index (χ2v) is 4.56. The number of rotatable bonds is 6. The van der Waals surface area contributed by atoms with Crippen molar-refractivity contribution < 1.29 is 4.79 Å². The van der Waals surface area contributed by atoms with Gasteiger partial charge in [-0.1, -0.05) is 25.7 Å². The highest BCUT2D eigenvalue weighted by atomic mass is 32.1. The van der Waals surface area contributed by atoms with Gasteiger partial charge in [-0.05, 0) is 24.5 Å². The van der Waals surface area contributed by atoms with Crippen molar-refractivity contribution >= 4 is 18.5 Å². The molecule has 14 heavy (non-hydrogen) atoms. The predicted molar refractivity (Wildman–Crippen MR) is 62.7 cm³/mol. The fraction of sp³-hybridized carbons (Fsp3) is 0.909. The molecule has 1 aliphatic carbocycles. The summed E-state index contributed by atoms with van der Waals surface area (Å²) >= 11 is 4.02. The highest BCUT2D eigenvalue weighted by Crippen LogP contribution is 2.28. The van der Waals surface area contributed by atoms with E-state index in [0.29, 0.717) is 12.2 Å². The Hall–Kier alpha value is -0.180. The van der Waals surface area contributed by atoms with Gasteiger partial charge < -0.3 is 5.32 Å². The van der Waals surface area contributed by atoms with Gasteiger partial charge in [0, 0.05) is 13.0 Å². The number of hydrogen-bond acceptors (Lipinski definition) is 2. The highest BCUT2D eigenvalue weighted by Gasteiger charge is 2.13. The third kappa shape index (κ3) is 4.89. The molecule has 82 valence electrons. The van der Waals surface area contributed by atoms with Gasteiger partial charge in [0.05, 0.1) is 0 Å².